The molecule has 102 valence electrons. The quantitative estimate of drug-likeness (QED) is 0.574. The Kier molecular flexibility index (Phi) is 4.38. The Hall–Kier alpha value is -0.380. The summed E-state index contributed by atoms with van der Waals surface area (Å²) in [6.45, 7) is 0. The van der Waals surface area contributed by atoms with Gasteiger partial charge in [0, 0.05) is 5.56 Å². The van der Waals surface area contributed by atoms with Crippen LogP contribution in [0.25, 0.3) is 0 Å². The van der Waals surface area contributed by atoms with Crippen LogP contribution in [0.15, 0.2) is 23.6 Å². The van der Waals surface area contributed by atoms with E-state index in [1.54, 1.807) is 11.4 Å². The average Bonchev–Trinajstić information content (AvgIpc) is 2.73. The number of pyridine rings is 1. The summed E-state index contributed by atoms with van der Waals surface area (Å²) in [7, 11) is 0. The number of hydrogen-bond donors (Lipinski definition) is 1. The summed E-state index contributed by atoms with van der Waals surface area (Å²) in [5, 5.41) is 11.5. The molecule has 0 aliphatic carbocycles. The van der Waals surface area contributed by atoms with E-state index < -0.39 is 18.0 Å². The van der Waals surface area contributed by atoms with Gasteiger partial charge in [-0.3, -0.25) is 0 Å². The summed E-state index contributed by atoms with van der Waals surface area (Å²) in [6, 6.07) is 3.69. The molecule has 0 amide bonds. The molecule has 0 aromatic carbocycles. The molecule has 1 atom stereocenters. The Morgan fingerprint density at radius 1 is 1.37 bits per heavy atom. The summed E-state index contributed by atoms with van der Waals surface area (Å²) < 4.78 is 38.3. The third-order valence-electron chi connectivity index (χ3n) is 2.37. The fourth-order valence-electron chi connectivity index (χ4n) is 1.45. The van der Waals surface area contributed by atoms with Crippen LogP contribution in [-0.2, 0) is 6.18 Å². The maximum atomic E-state index is 12.4. The Morgan fingerprint density at radius 3 is 2.53 bits per heavy atom. The summed E-state index contributed by atoms with van der Waals surface area (Å²) in [6.07, 6.45) is -5.63. The molecule has 0 radical (unpaired) electrons. The molecule has 0 fully saturated rings. The van der Waals surface area contributed by atoms with Crippen LogP contribution in [0.4, 0.5) is 13.2 Å². The van der Waals surface area contributed by atoms with Crippen LogP contribution in [0, 0.1) is 2.88 Å². The number of hydrogen-bond acceptors (Lipinski definition) is 3. The molecule has 0 saturated carbocycles. The molecule has 1 N–H and O–H groups in total. The third kappa shape index (κ3) is 3.39. The second kappa shape index (κ2) is 5.55. The van der Waals surface area contributed by atoms with Gasteiger partial charge in [0.2, 0.25) is 0 Å². The highest BCUT2D eigenvalue weighted by molar-refractivity contribution is 14.1. The van der Waals surface area contributed by atoms with Crippen LogP contribution in [0.2, 0.25) is 5.15 Å². The lowest BCUT2D eigenvalue weighted by Gasteiger charge is -2.13. The molecule has 2 rings (SSSR count). The van der Waals surface area contributed by atoms with Crippen LogP contribution in [-0.4, -0.2) is 10.1 Å². The van der Waals surface area contributed by atoms with Crippen molar-refractivity contribution in [1.29, 1.82) is 0 Å². The molecule has 2 nitrogen and oxygen atoms in total. The van der Waals surface area contributed by atoms with Gasteiger partial charge in [-0.1, -0.05) is 17.7 Å². The van der Waals surface area contributed by atoms with Gasteiger partial charge in [-0.25, -0.2) is 4.98 Å². The molecule has 0 spiro atoms. The van der Waals surface area contributed by atoms with Gasteiger partial charge in [-0.2, -0.15) is 13.2 Å². The van der Waals surface area contributed by atoms with E-state index in [-0.39, 0.29) is 10.7 Å². The number of rotatable bonds is 2. The first-order valence-corrected chi connectivity index (χ1v) is 7.28. The third-order valence-corrected chi connectivity index (χ3v) is 4.48. The molecule has 0 saturated heterocycles. The Bertz CT molecular complexity index is 602. The monoisotopic (exact) mass is 419 g/mol. The predicted molar refractivity (Wildman–Crippen MR) is 75.3 cm³/mol. The number of thiophene rings is 1. The fraction of sp³-hybridized carbons (Fsp3) is 0.182. The van der Waals surface area contributed by atoms with Crippen LogP contribution in [0.1, 0.15) is 22.9 Å². The summed E-state index contributed by atoms with van der Waals surface area (Å²) in [5.74, 6) is 0. The highest BCUT2D eigenvalue weighted by Crippen LogP contribution is 2.34. The number of aromatic nitrogens is 1. The zero-order valence-electron chi connectivity index (χ0n) is 9.08. The summed E-state index contributed by atoms with van der Waals surface area (Å²) in [5.41, 5.74) is -0.338. The highest BCUT2D eigenvalue weighted by Gasteiger charge is 2.33. The molecular weight excluding hydrogens is 414 g/mol. The molecule has 2 aromatic heterocycles. The van der Waals surface area contributed by atoms with Crippen molar-refractivity contribution < 1.29 is 18.3 Å². The zero-order chi connectivity index (χ0) is 14.2. The molecule has 19 heavy (non-hydrogen) atoms. The molecule has 0 aliphatic heterocycles. The SMILES string of the molecule is OC(c1csc(I)c1)c1ccc(C(F)(F)F)nc1Cl. The Labute approximate surface area is 129 Å². The van der Waals surface area contributed by atoms with Crippen molar-refractivity contribution in [2.75, 3.05) is 0 Å². The lowest BCUT2D eigenvalue weighted by Crippen LogP contribution is -2.10. The number of aliphatic hydroxyl groups is 1. The second-order valence-electron chi connectivity index (χ2n) is 3.66. The normalized spacial score (nSPS) is 13.6. The minimum absolute atomic E-state index is 0.156. The average molecular weight is 420 g/mol. The Balaban J connectivity index is 2.36. The number of halogens is 5. The van der Waals surface area contributed by atoms with Crippen molar-refractivity contribution in [3.63, 3.8) is 0 Å². The van der Waals surface area contributed by atoms with Gasteiger partial charge >= 0.3 is 6.18 Å². The first kappa shape index (κ1) is 15.0. The van der Waals surface area contributed by atoms with Crippen molar-refractivity contribution in [3.8, 4) is 0 Å². The van der Waals surface area contributed by atoms with Crippen molar-refractivity contribution >= 4 is 45.5 Å². The second-order valence-corrected chi connectivity index (χ2v) is 6.82. The minimum Gasteiger partial charge on any atom is -0.384 e. The maximum Gasteiger partial charge on any atom is 0.433 e. The van der Waals surface area contributed by atoms with E-state index in [9.17, 15) is 18.3 Å². The first-order valence-electron chi connectivity index (χ1n) is 4.94. The summed E-state index contributed by atoms with van der Waals surface area (Å²) >= 11 is 9.23. The Morgan fingerprint density at radius 2 is 2.05 bits per heavy atom. The highest BCUT2D eigenvalue weighted by atomic mass is 127. The van der Waals surface area contributed by atoms with E-state index in [2.05, 4.69) is 27.6 Å². The first-order chi connectivity index (χ1) is 8.79. The van der Waals surface area contributed by atoms with Crippen molar-refractivity contribution in [3.05, 3.63) is 48.4 Å². The van der Waals surface area contributed by atoms with Gasteiger partial charge in [0.1, 0.15) is 17.0 Å². The molecule has 1 unspecified atom stereocenters. The van der Waals surface area contributed by atoms with Crippen LogP contribution < -0.4 is 0 Å². The van der Waals surface area contributed by atoms with Crippen LogP contribution in [0.5, 0.6) is 0 Å². The fourth-order valence-corrected chi connectivity index (χ4v) is 3.10. The van der Waals surface area contributed by atoms with Crippen molar-refractivity contribution in [2.45, 2.75) is 12.3 Å². The zero-order valence-corrected chi connectivity index (χ0v) is 12.8. The number of alkyl halides is 3. The molecule has 0 bridgehead atoms. The molecule has 2 heterocycles. The van der Waals surface area contributed by atoms with E-state index in [4.69, 9.17) is 11.6 Å². The lowest BCUT2D eigenvalue weighted by atomic mass is 10.1. The van der Waals surface area contributed by atoms with Crippen molar-refractivity contribution in [2.24, 2.45) is 0 Å². The molecular formula is C11H6ClF3INOS. The summed E-state index contributed by atoms with van der Waals surface area (Å²) in [4.78, 5) is 3.28. The topological polar surface area (TPSA) is 33.1 Å². The van der Waals surface area contributed by atoms with E-state index in [0.717, 1.165) is 15.0 Å². The van der Waals surface area contributed by atoms with E-state index in [1.807, 2.05) is 0 Å². The van der Waals surface area contributed by atoms with E-state index >= 15 is 0 Å². The predicted octanol–water partition coefficient (Wildman–Crippen LogP) is 4.50. The van der Waals surface area contributed by atoms with E-state index in [0.29, 0.717) is 5.56 Å². The molecule has 0 aliphatic rings. The standard InChI is InChI=1S/C11H6ClF3INOS/c12-10-6(1-2-7(17-10)11(13,14)15)9(18)5-3-8(16)19-4-5/h1-4,9,18H. The van der Waals surface area contributed by atoms with Gasteiger partial charge in [-0.05, 0) is 45.7 Å². The van der Waals surface area contributed by atoms with Gasteiger partial charge < -0.3 is 5.11 Å². The van der Waals surface area contributed by atoms with Crippen LogP contribution >= 0.6 is 45.5 Å². The van der Waals surface area contributed by atoms with E-state index in [1.165, 1.54) is 11.3 Å². The van der Waals surface area contributed by atoms with Gasteiger partial charge in [0.05, 0.1) is 2.88 Å². The largest absolute Gasteiger partial charge is 0.433 e. The van der Waals surface area contributed by atoms with Gasteiger partial charge in [-0.15, -0.1) is 11.3 Å². The van der Waals surface area contributed by atoms with Gasteiger partial charge in [0.15, 0.2) is 0 Å². The number of aliphatic hydroxyl groups excluding tert-OH is 1. The van der Waals surface area contributed by atoms with Gasteiger partial charge in [0.25, 0.3) is 0 Å². The maximum absolute atomic E-state index is 12.4. The lowest BCUT2D eigenvalue weighted by molar-refractivity contribution is -0.141. The molecule has 2 aromatic rings. The smallest absolute Gasteiger partial charge is 0.384 e. The van der Waals surface area contributed by atoms with Crippen LogP contribution in [0.3, 0.4) is 0 Å². The minimum atomic E-state index is -4.55. The molecule has 8 heteroatoms. The van der Waals surface area contributed by atoms with Crippen molar-refractivity contribution in [1.82, 2.24) is 4.98 Å². The number of nitrogens with zero attached hydrogens (tertiary/aromatic N) is 1.